The lowest BCUT2D eigenvalue weighted by Gasteiger charge is -2.15. The van der Waals surface area contributed by atoms with E-state index in [0.29, 0.717) is 32.1 Å². The van der Waals surface area contributed by atoms with Crippen molar-refractivity contribution in [3.8, 4) is 17.2 Å². The number of nitrogens with one attached hydrogen (secondary N) is 2. The molecule has 0 saturated carbocycles. The molecule has 3 aromatic rings. The van der Waals surface area contributed by atoms with Crippen LogP contribution in [0.5, 0.6) is 17.2 Å². The SMILES string of the molecule is CCOc1ccc(CNC[C@H](O)COc2ccc3[nH]c(=O)ccc3c2)cc1OCC. The van der Waals surface area contributed by atoms with E-state index >= 15 is 0 Å². The molecule has 0 saturated heterocycles. The third-order valence-corrected chi connectivity index (χ3v) is 4.45. The maximum atomic E-state index is 11.3. The van der Waals surface area contributed by atoms with Gasteiger partial charge in [0.25, 0.3) is 0 Å². The standard InChI is InChI=1S/C23H28N2O5/c1-3-28-21-9-5-16(11-22(21)29-4-2)13-24-14-18(26)15-30-19-7-8-20-17(12-19)6-10-23(27)25-20/h5-12,18,24,26H,3-4,13-15H2,1-2H3,(H,25,27)/t18-/m0/s1. The molecular formula is C23H28N2O5. The van der Waals surface area contributed by atoms with Crippen molar-refractivity contribution in [2.75, 3.05) is 26.4 Å². The topological polar surface area (TPSA) is 92.8 Å². The van der Waals surface area contributed by atoms with Crippen LogP contribution in [0, 0.1) is 0 Å². The molecule has 7 heteroatoms. The molecule has 7 nitrogen and oxygen atoms in total. The van der Waals surface area contributed by atoms with Crippen molar-refractivity contribution in [1.82, 2.24) is 10.3 Å². The van der Waals surface area contributed by atoms with Gasteiger partial charge in [0.05, 0.1) is 13.2 Å². The Labute approximate surface area is 175 Å². The fraction of sp³-hybridized carbons (Fsp3) is 0.348. The minimum absolute atomic E-state index is 0.140. The van der Waals surface area contributed by atoms with Gasteiger partial charge in [0, 0.05) is 30.1 Å². The number of rotatable bonds is 11. The second-order valence-electron chi connectivity index (χ2n) is 6.81. The average molecular weight is 412 g/mol. The first-order valence-electron chi connectivity index (χ1n) is 10.1. The number of ether oxygens (including phenoxy) is 3. The summed E-state index contributed by atoms with van der Waals surface area (Å²) in [7, 11) is 0. The van der Waals surface area contributed by atoms with Gasteiger partial charge >= 0.3 is 0 Å². The Morgan fingerprint density at radius 3 is 2.57 bits per heavy atom. The highest BCUT2D eigenvalue weighted by Gasteiger charge is 2.08. The van der Waals surface area contributed by atoms with Gasteiger partial charge in [-0.2, -0.15) is 0 Å². The maximum absolute atomic E-state index is 11.3. The highest BCUT2D eigenvalue weighted by molar-refractivity contribution is 5.79. The number of benzene rings is 2. The van der Waals surface area contributed by atoms with Crippen molar-refractivity contribution in [1.29, 1.82) is 0 Å². The van der Waals surface area contributed by atoms with E-state index in [1.165, 1.54) is 6.07 Å². The summed E-state index contributed by atoms with van der Waals surface area (Å²) in [5.41, 5.74) is 1.65. The molecule has 3 N–H and O–H groups in total. The van der Waals surface area contributed by atoms with Gasteiger partial charge < -0.3 is 29.6 Å². The van der Waals surface area contributed by atoms with E-state index in [2.05, 4.69) is 10.3 Å². The van der Waals surface area contributed by atoms with Gasteiger partial charge in [0.1, 0.15) is 18.5 Å². The minimum Gasteiger partial charge on any atom is -0.491 e. The number of pyridine rings is 1. The van der Waals surface area contributed by atoms with E-state index in [9.17, 15) is 9.90 Å². The van der Waals surface area contributed by atoms with Crippen molar-refractivity contribution < 1.29 is 19.3 Å². The predicted octanol–water partition coefficient (Wildman–Crippen LogP) is 2.86. The Balaban J connectivity index is 1.48. The van der Waals surface area contributed by atoms with E-state index in [1.807, 2.05) is 38.1 Å². The molecule has 0 radical (unpaired) electrons. The van der Waals surface area contributed by atoms with Crippen molar-refractivity contribution in [3.63, 3.8) is 0 Å². The minimum atomic E-state index is -0.662. The molecular weight excluding hydrogens is 384 g/mol. The summed E-state index contributed by atoms with van der Waals surface area (Å²) in [5, 5.41) is 14.3. The molecule has 0 amide bonds. The van der Waals surface area contributed by atoms with Crippen molar-refractivity contribution in [2.45, 2.75) is 26.5 Å². The van der Waals surface area contributed by atoms with Gasteiger partial charge in [-0.15, -0.1) is 0 Å². The van der Waals surface area contributed by atoms with Crippen LogP contribution in [0.4, 0.5) is 0 Å². The average Bonchev–Trinajstić information content (AvgIpc) is 2.74. The number of H-pyrrole nitrogens is 1. The first-order chi connectivity index (χ1) is 14.6. The van der Waals surface area contributed by atoms with Gasteiger partial charge in [-0.05, 0) is 55.8 Å². The van der Waals surface area contributed by atoms with Crippen LogP contribution in [0.25, 0.3) is 10.9 Å². The Kier molecular flexibility index (Phi) is 7.70. The van der Waals surface area contributed by atoms with Crippen LogP contribution < -0.4 is 25.1 Å². The summed E-state index contributed by atoms with van der Waals surface area (Å²) in [6.45, 7) is 6.16. The smallest absolute Gasteiger partial charge is 0.248 e. The molecule has 1 atom stereocenters. The molecule has 0 bridgehead atoms. The third kappa shape index (κ3) is 5.98. The van der Waals surface area contributed by atoms with E-state index < -0.39 is 6.10 Å². The highest BCUT2D eigenvalue weighted by atomic mass is 16.5. The number of hydrogen-bond acceptors (Lipinski definition) is 6. The summed E-state index contributed by atoms with van der Waals surface area (Å²) in [5.74, 6) is 2.10. The summed E-state index contributed by atoms with van der Waals surface area (Å²) in [4.78, 5) is 14.1. The Bertz CT molecular complexity index is 1020. The highest BCUT2D eigenvalue weighted by Crippen LogP contribution is 2.28. The van der Waals surface area contributed by atoms with E-state index in [-0.39, 0.29) is 12.2 Å². The summed E-state index contributed by atoms with van der Waals surface area (Å²) in [6, 6.07) is 14.4. The van der Waals surface area contributed by atoms with Crippen LogP contribution in [0.1, 0.15) is 19.4 Å². The van der Waals surface area contributed by atoms with Crippen LogP contribution in [0.3, 0.4) is 0 Å². The predicted molar refractivity (Wildman–Crippen MR) is 117 cm³/mol. The van der Waals surface area contributed by atoms with Crippen molar-refractivity contribution in [3.05, 3.63) is 64.4 Å². The number of aliphatic hydroxyl groups excluding tert-OH is 1. The van der Waals surface area contributed by atoms with E-state index in [4.69, 9.17) is 14.2 Å². The summed E-state index contributed by atoms with van der Waals surface area (Å²) in [6.07, 6.45) is -0.662. The molecule has 0 aliphatic heterocycles. The lowest BCUT2D eigenvalue weighted by molar-refractivity contribution is 0.106. The lowest BCUT2D eigenvalue weighted by Crippen LogP contribution is -2.31. The van der Waals surface area contributed by atoms with Crippen molar-refractivity contribution in [2.24, 2.45) is 0 Å². The van der Waals surface area contributed by atoms with Crippen molar-refractivity contribution >= 4 is 10.9 Å². The van der Waals surface area contributed by atoms with Gasteiger partial charge in [0.15, 0.2) is 11.5 Å². The van der Waals surface area contributed by atoms with Gasteiger partial charge in [-0.25, -0.2) is 0 Å². The number of aromatic nitrogens is 1. The normalized spacial score (nSPS) is 12.0. The number of hydrogen-bond donors (Lipinski definition) is 3. The third-order valence-electron chi connectivity index (χ3n) is 4.45. The Morgan fingerprint density at radius 1 is 0.967 bits per heavy atom. The first kappa shape index (κ1) is 21.7. The van der Waals surface area contributed by atoms with Gasteiger partial charge in [-0.3, -0.25) is 4.79 Å². The maximum Gasteiger partial charge on any atom is 0.248 e. The van der Waals surface area contributed by atoms with Crippen LogP contribution in [0.2, 0.25) is 0 Å². The molecule has 0 unspecified atom stereocenters. The van der Waals surface area contributed by atoms with E-state index in [0.717, 1.165) is 28.0 Å². The number of aliphatic hydroxyl groups is 1. The zero-order valence-electron chi connectivity index (χ0n) is 17.3. The summed E-state index contributed by atoms with van der Waals surface area (Å²) < 4.78 is 16.9. The Hall–Kier alpha value is -3.03. The molecule has 0 fully saturated rings. The zero-order valence-corrected chi connectivity index (χ0v) is 17.3. The molecule has 1 heterocycles. The lowest BCUT2D eigenvalue weighted by atomic mass is 10.2. The second kappa shape index (κ2) is 10.7. The second-order valence-corrected chi connectivity index (χ2v) is 6.81. The zero-order chi connectivity index (χ0) is 21.3. The fourth-order valence-corrected chi connectivity index (χ4v) is 3.06. The van der Waals surface area contributed by atoms with Gasteiger partial charge in [0.2, 0.25) is 5.56 Å². The molecule has 0 spiro atoms. The molecule has 3 rings (SSSR count). The monoisotopic (exact) mass is 412 g/mol. The molecule has 0 aliphatic carbocycles. The Morgan fingerprint density at radius 2 is 1.77 bits per heavy atom. The molecule has 1 aromatic heterocycles. The number of fused-ring (bicyclic) bond motifs is 1. The number of aromatic amines is 1. The van der Waals surface area contributed by atoms with Crippen LogP contribution in [0.15, 0.2) is 53.3 Å². The van der Waals surface area contributed by atoms with Gasteiger partial charge in [-0.1, -0.05) is 6.07 Å². The van der Waals surface area contributed by atoms with Crippen LogP contribution in [-0.4, -0.2) is 42.6 Å². The fourth-order valence-electron chi connectivity index (χ4n) is 3.06. The van der Waals surface area contributed by atoms with Crippen LogP contribution in [-0.2, 0) is 6.54 Å². The molecule has 160 valence electrons. The van der Waals surface area contributed by atoms with E-state index in [1.54, 1.807) is 18.2 Å². The van der Waals surface area contributed by atoms with Crippen LogP contribution >= 0.6 is 0 Å². The largest absolute Gasteiger partial charge is 0.491 e. The molecule has 30 heavy (non-hydrogen) atoms. The quantitative estimate of drug-likeness (QED) is 0.449. The first-order valence-corrected chi connectivity index (χ1v) is 10.1. The molecule has 0 aliphatic rings. The summed E-state index contributed by atoms with van der Waals surface area (Å²) >= 11 is 0. The molecule has 2 aromatic carbocycles.